The van der Waals surface area contributed by atoms with Crippen molar-refractivity contribution in [1.82, 2.24) is 25.3 Å². The van der Waals surface area contributed by atoms with Gasteiger partial charge in [0.25, 0.3) is 0 Å². The van der Waals surface area contributed by atoms with Crippen LogP contribution in [0.1, 0.15) is 26.7 Å². The van der Waals surface area contributed by atoms with E-state index in [2.05, 4.69) is 27.4 Å². The lowest BCUT2D eigenvalue weighted by Crippen LogP contribution is -2.62. The molecule has 136 valence electrons. The second-order valence-electron chi connectivity index (χ2n) is 7.13. The van der Waals surface area contributed by atoms with E-state index in [1.54, 1.807) is 6.92 Å². The molecule has 4 rings (SSSR count). The average molecular weight is 336 g/mol. The number of piperidine rings is 1. The van der Waals surface area contributed by atoms with Crippen LogP contribution in [0.2, 0.25) is 0 Å². The summed E-state index contributed by atoms with van der Waals surface area (Å²) in [5.74, 6) is 1.11. The molecule has 0 aromatic rings. The Labute approximate surface area is 145 Å². The Balaban J connectivity index is 1.50. The van der Waals surface area contributed by atoms with Crippen LogP contribution in [0.3, 0.4) is 0 Å². The van der Waals surface area contributed by atoms with Crippen molar-refractivity contribution in [3.8, 4) is 0 Å². The van der Waals surface area contributed by atoms with E-state index in [4.69, 9.17) is 4.99 Å². The maximum atomic E-state index is 11.4. The molecule has 0 saturated carbocycles. The van der Waals surface area contributed by atoms with E-state index in [0.717, 1.165) is 51.5 Å². The fourth-order valence-electron chi connectivity index (χ4n) is 3.95. The van der Waals surface area contributed by atoms with Gasteiger partial charge in [-0.3, -0.25) is 19.6 Å². The van der Waals surface area contributed by atoms with Crippen molar-refractivity contribution in [2.45, 2.75) is 38.8 Å². The van der Waals surface area contributed by atoms with Crippen LogP contribution in [-0.4, -0.2) is 97.6 Å². The molecule has 24 heavy (non-hydrogen) atoms. The van der Waals surface area contributed by atoms with Crippen molar-refractivity contribution in [2.75, 3.05) is 58.9 Å². The zero-order chi connectivity index (χ0) is 16.9. The molecule has 0 aromatic heterocycles. The lowest BCUT2D eigenvalue weighted by molar-refractivity contribution is -0.129. The first-order valence-corrected chi connectivity index (χ1v) is 9.42. The highest BCUT2D eigenvalue weighted by Crippen LogP contribution is 2.16. The topological polar surface area (TPSA) is 63.2 Å². The molecule has 4 aliphatic rings. The zero-order valence-electron chi connectivity index (χ0n) is 15.1. The monoisotopic (exact) mass is 336 g/mol. The van der Waals surface area contributed by atoms with Crippen LogP contribution in [0.25, 0.3) is 0 Å². The molecular formula is C17H32N6O. The minimum atomic E-state index is 0.186. The second-order valence-corrected chi connectivity index (χ2v) is 7.13. The lowest BCUT2D eigenvalue weighted by Gasteiger charge is -2.47. The molecule has 4 heterocycles. The molecule has 2 N–H and O–H groups in total. The van der Waals surface area contributed by atoms with Gasteiger partial charge in [-0.2, -0.15) is 0 Å². The van der Waals surface area contributed by atoms with Crippen LogP contribution >= 0.6 is 0 Å². The largest absolute Gasteiger partial charge is 0.357 e. The highest BCUT2D eigenvalue weighted by Gasteiger charge is 2.31. The fourth-order valence-corrected chi connectivity index (χ4v) is 3.95. The number of nitrogens with zero attached hydrogens (tertiary/aromatic N) is 4. The minimum absolute atomic E-state index is 0.186. The Morgan fingerprint density at radius 2 is 1.83 bits per heavy atom. The van der Waals surface area contributed by atoms with Gasteiger partial charge in [-0.1, -0.05) is 0 Å². The summed E-state index contributed by atoms with van der Waals surface area (Å²) in [6, 6.07) is 0.966. The Kier molecular flexibility index (Phi) is 5.94. The summed E-state index contributed by atoms with van der Waals surface area (Å²) in [6.45, 7) is 13.1. The van der Waals surface area contributed by atoms with Crippen molar-refractivity contribution in [3.63, 3.8) is 0 Å². The SMILES string of the molecule is CCNC(=NCC1CN2CCN1CC2)NC1CCN(C(C)=O)CC1. The minimum Gasteiger partial charge on any atom is -0.357 e. The van der Waals surface area contributed by atoms with Crippen molar-refractivity contribution in [1.29, 1.82) is 0 Å². The normalized spacial score (nSPS) is 31.2. The number of hydrogen-bond acceptors (Lipinski definition) is 4. The predicted molar refractivity (Wildman–Crippen MR) is 96.2 cm³/mol. The number of hydrogen-bond donors (Lipinski definition) is 2. The van der Waals surface area contributed by atoms with Gasteiger partial charge in [0, 0.05) is 71.4 Å². The molecule has 0 spiro atoms. The molecule has 4 fully saturated rings. The van der Waals surface area contributed by atoms with E-state index in [0.29, 0.717) is 12.1 Å². The Morgan fingerprint density at radius 3 is 2.38 bits per heavy atom. The highest BCUT2D eigenvalue weighted by molar-refractivity contribution is 5.80. The first-order chi connectivity index (χ1) is 11.7. The van der Waals surface area contributed by atoms with Gasteiger partial charge >= 0.3 is 0 Å². The number of likely N-dealkylation sites (tertiary alicyclic amines) is 1. The van der Waals surface area contributed by atoms with E-state index in [-0.39, 0.29) is 5.91 Å². The summed E-state index contributed by atoms with van der Waals surface area (Å²) in [5, 5.41) is 6.94. The first kappa shape index (κ1) is 17.5. The van der Waals surface area contributed by atoms with Crippen LogP contribution < -0.4 is 10.6 Å². The Bertz CT molecular complexity index is 452. The van der Waals surface area contributed by atoms with Crippen molar-refractivity contribution in [2.24, 2.45) is 4.99 Å². The standard InChI is InChI=1S/C17H32N6O/c1-3-18-17(20-15-4-6-22(7-5-15)14(2)24)19-12-16-13-21-8-10-23(16)11-9-21/h15-16H,3-13H2,1-2H3,(H2,18,19,20). The van der Waals surface area contributed by atoms with Crippen molar-refractivity contribution < 1.29 is 4.79 Å². The van der Waals surface area contributed by atoms with Gasteiger partial charge in [-0.05, 0) is 19.8 Å². The Hall–Kier alpha value is -1.34. The van der Waals surface area contributed by atoms with Crippen LogP contribution in [0, 0.1) is 0 Å². The number of piperazine rings is 3. The van der Waals surface area contributed by atoms with Crippen LogP contribution in [0.4, 0.5) is 0 Å². The molecule has 0 aliphatic carbocycles. The van der Waals surface area contributed by atoms with Gasteiger partial charge in [0.05, 0.1) is 6.54 Å². The molecule has 7 nitrogen and oxygen atoms in total. The molecule has 1 amide bonds. The quantitative estimate of drug-likeness (QED) is 0.538. The molecule has 7 heteroatoms. The molecule has 4 saturated heterocycles. The highest BCUT2D eigenvalue weighted by atomic mass is 16.2. The van der Waals surface area contributed by atoms with Crippen molar-refractivity contribution >= 4 is 11.9 Å². The van der Waals surface area contributed by atoms with E-state index in [1.165, 1.54) is 26.2 Å². The summed E-state index contributed by atoms with van der Waals surface area (Å²) in [4.78, 5) is 23.3. The Morgan fingerprint density at radius 1 is 1.12 bits per heavy atom. The van der Waals surface area contributed by atoms with Crippen LogP contribution in [-0.2, 0) is 4.79 Å². The number of guanidine groups is 1. The van der Waals surface area contributed by atoms with Gasteiger partial charge in [-0.15, -0.1) is 0 Å². The summed E-state index contributed by atoms with van der Waals surface area (Å²) in [7, 11) is 0. The number of rotatable bonds is 4. The summed E-state index contributed by atoms with van der Waals surface area (Å²) >= 11 is 0. The van der Waals surface area contributed by atoms with Gasteiger partial charge < -0.3 is 15.5 Å². The molecule has 0 aromatic carbocycles. The van der Waals surface area contributed by atoms with Crippen molar-refractivity contribution in [3.05, 3.63) is 0 Å². The van der Waals surface area contributed by atoms with E-state index in [1.807, 2.05) is 4.90 Å². The van der Waals surface area contributed by atoms with E-state index in [9.17, 15) is 4.79 Å². The van der Waals surface area contributed by atoms with Crippen LogP contribution in [0.15, 0.2) is 4.99 Å². The van der Waals surface area contributed by atoms with Gasteiger partial charge in [0.15, 0.2) is 5.96 Å². The molecule has 1 unspecified atom stereocenters. The van der Waals surface area contributed by atoms with E-state index >= 15 is 0 Å². The number of nitrogens with one attached hydrogen (secondary N) is 2. The maximum Gasteiger partial charge on any atom is 0.219 e. The van der Waals surface area contributed by atoms with Gasteiger partial charge in [-0.25, -0.2) is 0 Å². The summed E-state index contributed by atoms with van der Waals surface area (Å²) in [5.41, 5.74) is 0. The number of amides is 1. The average Bonchev–Trinajstić information content (AvgIpc) is 2.61. The number of fused-ring (bicyclic) bond motifs is 3. The lowest BCUT2D eigenvalue weighted by atomic mass is 10.1. The number of carbonyl (C=O) groups is 1. The molecule has 1 atom stereocenters. The van der Waals surface area contributed by atoms with Gasteiger partial charge in [0.1, 0.15) is 0 Å². The maximum absolute atomic E-state index is 11.4. The van der Waals surface area contributed by atoms with Gasteiger partial charge in [0.2, 0.25) is 5.91 Å². The molecular weight excluding hydrogens is 304 g/mol. The summed E-state index contributed by atoms with van der Waals surface area (Å²) < 4.78 is 0. The third kappa shape index (κ3) is 4.39. The third-order valence-corrected chi connectivity index (χ3v) is 5.48. The van der Waals surface area contributed by atoms with E-state index < -0.39 is 0 Å². The zero-order valence-corrected chi connectivity index (χ0v) is 15.1. The molecule has 0 radical (unpaired) electrons. The number of carbonyl (C=O) groups excluding carboxylic acids is 1. The fraction of sp³-hybridized carbons (Fsp3) is 0.882. The summed E-state index contributed by atoms with van der Waals surface area (Å²) in [6.07, 6.45) is 1.99. The molecule has 2 bridgehead atoms. The smallest absolute Gasteiger partial charge is 0.219 e. The predicted octanol–water partition coefficient (Wildman–Crippen LogP) is -0.448. The first-order valence-electron chi connectivity index (χ1n) is 9.42. The molecule has 4 aliphatic heterocycles. The third-order valence-electron chi connectivity index (χ3n) is 5.48. The van der Waals surface area contributed by atoms with Crippen LogP contribution in [0.5, 0.6) is 0 Å². The second kappa shape index (κ2) is 8.16. The number of aliphatic imine (C=N–C) groups is 1.